The Hall–Kier alpha value is -2.73. The van der Waals surface area contributed by atoms with Gasteiger partial charge in [-0.25, -0.2) is 0 Å². The minimum absolute atomic E-state index is 0.184. The highest BCUT2D eigenvalue weighted by Gasteiger charge is 2.17. The number of methoxy groups -OCH3 is 1. The van der Waals surface area contributed by atoms with Gasteiger partial charge in [0.15, 0.2) is 11.5 Å². The third-order valence-corrected chi connectivity index (χ3v) is 4.39. The van der Waals surface area contributed by atoms with Crippen LogP contribution in [0.2, 0.25) is 0 Å². The Labute approximate surface area is 160 Å². The number of nitrogens with zero attached hydrogens (tertiary/aromatic N) is 1. The fraction of sp³-hybridized carbons (Fsp3) is 0.381. The van der Waals surface area contributed by atoms with E-state index in [9.17, 15) is 4.79 Å². The van der Waals surface area contributed by atoms with Crippen molar-refractivity contribution in [2.24, 2.45) is 0 Å². The van der Waals surface area contributed by atoms with E-state index in [4.69, 9.17) is 14.2 Å². The van der Waals surface area contributed by atoms with Crippen LogP contribution >= 0.6 is 0 Å². The Bertz CT molecular complexity index is 773. The molecule has 1 aliphatic heterocycles. The molecule has 1 aliphatic rings. The molecule has 6 heteroatoms. The second-order valence-corrected chi connectivity index (χ2v) is 6.28. The van der Waals surface area contributed by atoms with Crippen molar-refractivity contribution in [2.45, 2.75) is 13.3 Å². The first-order valence-electron chi connectivity index (χ1n) is 9.27. The summed E-state index contributed by atoms with van der Waals surface area (Å²) in [5.41, 5.74) is 2.31. The van der Waals surface area contributed by atoms with Gasteiger partial charge in [-0.05, 0) is 36.8 Å². The van der Waals surface area contributed by atoms with Crippen molar-refractivity contribution in [1.82, 2.24) is 0 Å². The smallest absolute Gasteiger partial charge is 0.255 e. The number of para-hydroxylation sites is 2. The highest BCUT2D eigenvalue weighted by molar-refractivity contribution is 6.06. The Morgan fingerprint density at radius 1 is 1.15 bits per heavy atom. The molecule has 0 radical (unpaired) electrons. The highest BCUT2D eigenvalue weighted by atomic mass is 16.5. The number of benzene rings is 2. The van der Waals surface area contributed by atoms with Crippen LogP contribution in [0.5, 0.6) is 11.5 Å². The van der Waals surface area contributed by atoms with E-state index in [1.54, 1.807) is 25.3 Å². The molecule has 6 nitrogen and oxygen atoms in total. The molecule has 0 aromatic heterocycles. The van der Waals surface area contributed by atoms with Crippen LogP contribution in [-0.4, -0.2) is 45.9 Å². The molecule has 1 fully saturated rings. The summed E-state index contributed by atoms with van der Waals surface area (Å²) in [6.07, 6.45) is 0.906. The summed E-state index contributed by atoms with van der Waals surface area (Å²) in [5.74, 6) is 1.01. The molecular formula is C21H26N2O4. The number of ether oxygens (including phenoxy) is 3. The summed E-state index contributed by atoms with van der Waals surface area (Å²) in [7, 11) is 1.57. The topological polar surface area (TPSA) is 60.0 Å². The van der Waals surface area contributed by atoms with Crippen LogP contribution in [-0.2, 0) is 4.74 Å². The van der Waals surface area contributed by atoms with Crippen LogP contribution in [0.15, 0.2) is 42.5 Å². The molecule has 144 valence electrons. The average molecular weight is 370 g/mol. The van der Waals surface area contributed by atoms with Gasteiger partial charge in [-0.1, -0.05) is 19.1 Å². The zero-order valence-corrected chi connectivity index (χ0v) is 15.9. The van der Waals surface area contributed by atoms with E-state index in [2.05, 4.69) is 10.2 Å². The quantitative estimate of drug-likeness (QED) is 0.807. The fourth-order valence-electron chi connectivity index (χ4n) is 2.99. The van der Waals surface area contributed by atoms with E-state index >= 15 is 0 Å². The van der Waals surface area contributed by atoms with Crippen LogP contribution in [0.3, 0.4) is 0 Å². The molecule has 0 spiro atoms. The Morgan fingerprint density at radius 2 is 1.93 bits per heavy atom. The van der Waals surface area contributed by atoms with Crippen LogP contribution in [0.25, 0.3) is 0 Å². The molecule has 0 unspecified atom stereocenters. The van der Waals surface area contributed by atoms with Gasteiger partial charge in [-0.2, -0.15) is 0 Å². The summed E-state index contributed by atoms with van der Waals surface area (Å²) in [6.45, 7) is 5.65. The van der Waals surface area contributed by atoms with Gasteiger partial charge < -0.3 is 24.4 Å². The highest BCUT2D eigenvalue weighted by Crippen LogP contribution is 2.30. The maximum absolute atomic E-state index is 12.8. The van der Waals surface area contributed by atoms with Crippen molar-refractivity contribution in [3.63, 3.8) is 0 Å². The predicted octanol–water partition coefficient (Wildman–Crippen LogP) is 3.57. The van der Waals surface area contributed by atoms with E-state index in [0.29, 0.717) is 36.9 Å². The molecule has 0 saturated carbocycles. The number of carbonyl (C=O) groups excluding carboxylic acids is 1. The van der Waals surface area contributed by atoms with Gasteiger partial charge >= 0.3 is 0 Å². The molecular weight excluding hydrogens is 344 g/mol. The summed E-state index contributed by atoms with van der Waals surface area (Å²) >= 11 is 0. The zero-order valence-electron chi connectivity index (χ0n) is 15.9. The second-order valence-electron chi connectivity index (χ2n) is 6.28. The van der Waals surface area contributed by atoms with Crippen molar-refractivity contribution in [2.75, 3.05) is 50.2 Å². The normalized spacial score (nSPS) is 13.9. The summed E-state index contributed by atoms with van der Waals surface area (Å²) in [6, 6.07) is 13.1. The van der Waals surface area contributed by atoms with Gasteiger partial charge in [0.1, 0.15) is 0 Å². The number of nitrogens with one attached hydrogen (secondary N) is 1. The first-order valence-corrected chi connectivity index (χ1v) is 9.27. The van der Waals surface area contributed by atoms with E-state index < -0.39 is 0 Å². The van der Waals surface area contributed by atoms with Crippen LogP contribution in [0, 0.1) is 0 Å². The van der Waals surface area contributed by atoms with Crippen molar-refractivity contribution in [3.05, 3.63) is 48.0 Å². The van der Waals surface area contributed by atoms with E-state index in [1.807, 2.05) is 31.2 Å². The van der Waals surface area contributed by atoms with Crippen molar-refractivity contribution in [3.8, 4) is 11.5 Å². The molecule has 1 N–H and O–H groups in total. The summed E-state index contributed by atoms with van der Waals surface area (Å²) in [4.78, 5) is 15.0. The first kappa shape index (κ1) is 19.0. The molecule has 0 atom stereocenters. The van der Waals surface area contributed by atoms with Gasteiger partial charge in [0.05, 0.1) is 38.3 Å². The first-order chi connectivity index (χ1) is 13.2. The van der Waals surface area contributed by atoms with E-state index in [1.165, 1.54) is 0 Å². The maximum atomic E-state index is 12.8. The lowest BCUT2D eigenvalue weighted by atomic mass is 10.1. The number of anilines is 2. The number of hydrogen-bond acceptors (Lipinski definition) is 5. The van der Waals surface area contributed by atoms with Crippen molar-refractivity contribution < 1.29 is 19.0 Å². The monoisotopic (exact) mass is 370 g/mol. The number of amides is 1. The fourth-order valence-corrected chi connectivity index (χ4v) is 2.99. The molecule has 0 bridgehead atoms. The molecule has 1 heterocycles. The van der Waals surface area contributed by atoms with E-state index in [-0.39, 0.29) is 5.91 Å². The SMILES string of the molecule is CCCOc1ccc(C(=O)Nc2ccccc2N2CCOCC2)cc1OC. The molecule has 2 aromatic carbocycles. The third-order valence-electron chi connectivity index (χ3n) is 4.39. The lowest BCUT2D eigenvalue weighted by Gasteiger charge is -2.30. The Balaban J connectivity index is 1.77. The maximum Gasteiger partial charge on any atom is 0.255 e. The minimum atomic E-state index is -0.184. The van der Waals surface area contributed by atoms with Gasteiger partial charge in [0.25, 0.3) is 5.91 Å². The molecule has 0 aliphatic carbocycles. The van der Waals surface area contributed by atoms with Gasteiger partial charge in [-0.3, -0.25) is 4.79 Å². The van der Waals surface area contributed by atoms with Crippen LogP contribution in [0.1, 0.15) is 23.7 Å². The Morgan fingerprint density at radius 3 is 2.67 bits per heavy atom. The van der Waals surface area contributed by atoms with Gasteiger partial charge in [-0.15, -0.1) is 0 Å². The molecule has 2 aromatic rings. The summed E-state index contributed by atoms with van der Waals surface area (Å²) in [5, 5.41) is 3.02. The lowest BCUT2D eigenvalue weighted by Crippen LogP contribution is -2.36. The van der Waals surface area contributed by atoms with Crippen LogP contribution < -0.4 is 19.7 Å². The number of carbonyl (C=O) groups is 1. The third kappa shape index (κ3) is 4.71. The molecule has 3 rings (SSSR count). The molecule has 1 saturated heterocycles. The standard InChI is InChI=1S/C21H26N2O4/c1-3-12-27-19-9-8-16(15-20(19)25-2)21(24)22-17-6-4-5-7-18(17)23-10-13-26-14-11-23/h4-9,15H,3,10-14H2,1-2H3,(H,22,24). The lowest BCUT2D eigenvalue weighted by molar-refractivity contribution is 0.102. The largest absolute Gasteiger partial charge is 0.493 e. The minimum Gasteiger partial charge on any atom is -0.493 e. The van der Waals surface area contributed by atoms with E-state index in [0.717, 1.165) is 30.9 Å². The number of rotatable bonds is 7. The van der Waals surface area contributed by atoms with Gasteiger partial charge in [0, 0.05) is 18.7 Å². The zero-order chi connectivity index (χ0) is 19.1. The van der Waals surface area contributed by atoms with Crippen molar-refractivity contribution >= 4 is 17.3 Å². The van der Waals surface area contributed by atoms with Gasteiger partial charge in [0.2, 0.25) is 0 Å². The summed E-state index contributed by atoms with van der Waals surface area (Å²) < 4.78 is 16.5. The Kier molecular flexibility index (Phi) is 6.54. The predicted molar refractivity (Wildman–Crippen MR) is 106 cm³/mol. The second kappa shape index (κ2) is 9.28. The molecule has 27 heavy (non-hydrogen) atoms. The molecule has 1 amide bonds. The number of hydrogen-bond donors (Lipinski definition) is 1. The average Bonchev–Trinajstić information content (AvgIpc) is 2.73. The number of morpholine rings is 1. The van der Waals surface area contributed by atoms with Crippen molar-refractivity contribution in [1.29, 1.82) is 0 Å². The van der Waals surface area contributed by atoms with Crippen LogP contribution in [0.4, 0.5) is 11.4 Å².